The second kappa shape index (κ2) is 9.44. The summed E-state index contributed by atoms with van der Waals surface area (Å²) in [6.07, 6.45) is 1.33. The van der Waals surface area contributed by atoms with Gasteiger partial charge in [0.25, 0.3) is 5.69 Å². The van der Waals surface area contributed by atoms with E-state index in [9.17, 15) is 19.7 Å². The van der Waals surface area contributed by atoms with Crippen molar-refractivity contribution in [3.8, 4) is 0 Å². The molecule has 0 unspecified atom stereocenters. The lowest BCUT2D eigenvalue weighted by Crippen LogP contribution is -2.20. The zero-order valence-electron chi connectivity index (χ0n) is 14.4. The molecule has 0 aliphatic rings. The molecule has 0 heterocycles. The molecule has 0 atom stereocenters. The normalized spacial score (nSPS) is 10.6. The van der Waals surface area contributed by atoms with Gasteiger partial charge in [0.05, 0.1) is 11.1 Å². The summed E-state index contributed by atoms with van der Waals surface area (Å²) < 4.78 is 0. The number of nitrogens with zero attached hydrogens (tertiary/aromatic N) is 2. The number of nitrogens with one attached hydrogen (secondary N) is 2. The largest absolute Gasteiger partial charge is 0.326 e. The van der Waals surface area contributed by atoms with Crippen LogP contribution in [0.25, 0.3) is 0 Å². The third kappa shape index (κ3) is 6.52. The average Bonchev–Trinajstić information content (AvgIpc) is 2.63. The van der Waals surface area contributed by atoms with Gasteiger partial charge in [-0.1, -0.05) is 11.6 Å². The number of nitro benzene ring substituents is 1. The number of carbonyl (C=O) groups excluding carboxylic acids is 2. The van der Waals surface area contributed by atoms with Crippen molar-refractivity contribution in [2.75, 3.05) is 5.32 Å². The summed E-state index contributed by atoms with van der Waals surface area (Å²) in [4.78, 5) is 33.7. The highest BCUT2D eigenvalue weighted by atomic mass is 35.5. The number of carbonyl (C=O) groups is 2. The van der Waals surface area contributed by atoms with E-state index in [1.165, 1.54) is 30.5 Å². The average molecular weight is 389 g/mol. The van der Waals surface area contributed by atoms with E-state index in [2.05, 4.69) is 15.8 Å². The number of nitro groups is 1. The van der Waals surface area contributed by atoms with Crippen molar-refractivity contribution in [2.45, 2.75) is 19.8 Å². The van der Waals surface area contributed by atoms with Crippen LogP contribution in [0.3, 0.4) is 0 Å². The lowest BCUT2D eigenvalue weighted by molar-refractivity contribution is -0.384. The Balaban J connectivity index is 1.76. The van der Waals surface area contributed by atoms with Crippen molar-refractivity contribution in [2.24, 2.45) is 5.10 Å². The van der Waals surface area contributed by atoms with E-state index < -0.39 is 10.8 Å². The van der Waals surface area contributed by atoms with Crippen molar-refractivity contribution in [1.29, 1.82) is 0 Å². The quantitative estimate of drug-likeness (QED) is 0.429. The number of non-ortho nitro benzene ring substituents is 1. The number of benzene rings is 2. The Morgan fingerprint density at radius 3 is 2.44 bits per heavy atom. The first-order valence-electron chi connectivity index (χ1n) is 7.97. The Morgan fingerprint density at radius 1 is 1.15 bits per heavy atom. The van der Waals surface area contributed by atoms with Crippen LogP contribution in [0.15, 0.2) is 47.6 Å². The second-order valence-electron chi connectivity index (χ2n) is 5.65. The van der Waals surface area contributed by atoms with E-state index in [1.54, 1.807) is 18.2 Å². The molecule has 2 N–H and O–H groups in total. The van der Waals surface area contributed by atoms with Crippen LogP contribution in [0.2, 0.25) is 5.02 Å². The van der Waals surface area contributed by atoms with E-state index >= 15 is 0 Å². The number of aryl methyl sites for hydroxylation is 1. The Bertz CT molecular complexity index is 881. The molecule has 8 nitrogen and oxygen atoms in total. The number of halogens is 1. The van der Waals surface area contributed by atoms with Crippen molar-refractivity contribution in [1.82, 2.24) is 5.43 Å². The highest BCUT2D eigenvalue weighted by molar-refractivity contribution is 6.30. The third-order valence-corrected chi connectivity index (χ3v) is 3.78. The van der Waals surface area contributed by atoms with Gasteiger partial charge < -0.3 is 5.32 Å². The molecular formula is C18H17ClN4O4. The van der Waals surface area contributed by atoms with E-state index in [0.717, 1.165) is 5.56 Å². The van der Waals surface area contributed by atoms with Crippen LogP contribution in [0.4, 0.5) is 11.4 Å². The molecule has 2 rings (SSSR count). The molecule has 0 bridgehead atoms. The first-order chi connectivity index (χ1) is 12.8. The molecule has 2 aromatic rings. The van der Waals surface area contributed by atoms with Crippen molar-refractivity contribution < 1.29 is 14.5 Å². The van der Waals surface area contributed by atoms with Gasteiger partial charge in [-0.05, 0) is 48.4 Å². The lowest BCUT2D eigenvalue weighted by Gasteiger charge is -2.08. The van der Waals surface area contributed by atoms with Crippen LogP contribution in [-0.4, -0.2) is 23.0 Å². The molecule has 0 fully saturated rings. The number of hydrazone groups is 1. The molecule has 0 spiro atoms. The van der Waals surface area contributed by atoms with Crippen LogP contribution >= 0.6 is 11.6 Å². The fraction of sp³-hybridized carbons (Fsp3) is 0.167. The molecular weight excluding hydrogens is 372 g/mol. The Kier molecular flexibility index (Phi) is 7.01. The highest BCUT2D eigenvalue weighted by Gasteiger charge is 2.08. The molecule has 2 aromatic carbocycles. The Labute approximate surface area is 160 Å². The van der Waals surface area contributed by atoms with E-state index in [1.807, 2.05) is 6.92 Å². The van der Waals surface area contributed by atoms with Crippen LogP contribution in [-0.2, 0) is 9.59 Å². The summed E-state index contributed by atoms with van der Waals surface area (Å²) in [7, 11) is 0. The lowest BCUT2D eigenvalue weighted by atomic mass is 10.2. The third-order valence-electron chi connectivity index (χ3n) is 3.55. The summed E-state index contributed by atoms with van der Waals surface area (Å²) in [6.45, 7) is 1.82. The van der Waals surface area contributed by atoms with Gasteiger partial charge in [0.15, 0.2) is 0 Å². The molecule has 0 aliphatic carbocycles. The molecule has 0 saturated carbocycles. The zero-order chi connectivity index (χ0) is 19.8. The summed E-state index contributed by atoms with van der Waals surface area (Å²) in [6, 6.07) is 10.8. The van der Waals surface area contributed by atoms with Crippen LogP contribution in [0.1, 0.15) is 24.0 Å². The predicted molar refractivity (Wildman–Crippen MR) is 103 cm³/mol. The monoisotopic (exact) mass is 388 g/mol. The molecule has 0 saturated heterocycles. The highest BCUT2D eigenvalue weighted by Crippen LogP contribution is 2.19. The van der Waals surface area contributed by atoms with Crippen molar-refractivity contribution >= 4 is 41.0 Å². The fourth-order valence-corrected chi connectivity index (χ4v) is 2.35. The van der Waals surface area contributed by atoms with Gasteiger partial charge in [0, 0.05) is 35.7 Å². The van der Waals surface area contributed by atoms with Gasteiger partial charge >= 0.3 is 0 Å². The van der Waals surface area contributed by atoms with Crippen LogP contribution in [0.5, 0.6) is 0 Å². The second-order valence-corrected chi connectivity index (χ2v) is 6.09. The summed E-state index contributed by atoms with van der Waals surface area (Å²) >= 11 is 5.86. The summed E-state index contributed by atoms with van der Waals surface area (Å²) in [5.41, 5.74) is 4.34. The minimum Gasteiger partial charge on any atom is -0.326 e. The molecule has 2 amide bonds. The molecule has 9 heteroatoms. The van der Waals surface area contributed by atoms with E-state index in [0.29, 0.717) is 16.3 Å². The zero-order valence-corrected chi connectivity index (χ0v) is 15.2. The van der Waals surface area contributed by atoms with Gasteiger partial charge in [-0.3, -0.25) is 19.7 Å². The molecule has 0 radical (unpaired) electrons. The fourth-order valence-electron chi connectivity index (χ4n) is 2.12. The first kappa shape index (κ1) is 20.1. The predicted octanol–water partition coefficient (Wildman–Crippen LogP) is 3.43. The van der Waals surface area contributed by atoms with Gasteiger partial charge in [0.1, 0.15) is 0 Å². The topological polar surface area (TPSA) is 114 Å². The number of hydrogen-bond acceptors (Lipinski definition) is 5. The van der Waals surface area contributed by atoms with Crippen molar-refractivity contribution in [3.63, 3.8) is 0 Å². The maximum atomic E-state index is 11.9. The number of amides is 2. The molecule has 27 heavy (non-hydrogen) atoms. The summed E-state index contributed by atoms with van der Waals surface area (Å²) in [5, 5.41) is 17.6. The maximum Gasteiger partial charge on any atom is 0.269 e. The molecule has 0 aliphatic heterocycles. The van der Waals surface area contributed by atoms with Gasteiger partial charge in [0.2, 0.25) is 11.8 Å². The minimum atomic E-state index is -0.501. The Hall–Kier alpha value is -3.26. The number of anilines is 1. The van der Waals surface area contributed by atoms with Crippen LogP contribution < -0.4 is 10.7 Å². The smallest absolute Gasteiger partial charge is 0.269 e. The summed E-state index contributed by atoms with van der Waals surface area (Å²) in [5.74, 6) is -0.717. The molecule has 0 aromatic heterocycles. The van der Waals surface area contributed by atoms with Gasteiger partial charge in [-0.2, -0.15) is 5.10 Å². The number of rotatable bonds is 7. The SMILES string of the molecule is Cc1cc(Cl)ccc1NC(=O)CCC(=O)N/N=C\c1ccc([N+](=O)[O-])cc1. The minimum absolute atomic E-state index is 0.000944. The maximum absolute atomic E-state index is 11.9. The number of hydrogen-bond donors (Lipinski definition) is 2. The van der Waals surface area contributed by atoms with E-state index in [-0.39, 0.29) is 24.4 Å². The van der Waals surface area contributed by atoms with Gasteiger partial charge in [-0.15, -0.1) is 0 Å². The van der Waals surface area contributed by atoms with Crippen molar-refractivity contribution in [3.05, 3.63) is 68.7 Å². The van der Waals surface area contributed by atoms with Gasteiger partial charge in [-0.25, -0.2) is 5.43 Å². The van der Waals surface area contributed by atoms with E-state index in [4.69, 9.17) is 11.6 Å². The standard InChI is InChI=1S/C18H17ClN4O4/c1-12-10-14(19)4-7-16(12)21-17(24)8-9-18(25)22-20-11-13-2-5-15(6-3-13)23(26)27/h2-7,10-11H,8-9H2,1H3,(H,21,24)(H,22,25)/b20-11-. The first-order valence-corrected chi connectivity index (χ1v) is 8.35. The molecule has 140 valence electrons. The van der Waals surface area contributed by atoms with Crippen LogP contribution in [0, 0.1) is 17.0 Å². The Morgan fingerprint density at radius 2 is 1.81 bits per heavy atom.